The Labute approximate surface area is 145 Å². The first kappa shape index (κ1) is 17.9. The number of aryl methyl sites for hydroxylation is 1. The molecule has 0 radical (unpaired) electrons. The van der Waals surface area contributed by atoms with E-state index in [0.29, 0.717) is 12.2 Å². The van der Waals surface area contributed by atoms with Crippen LogP contribution >= 0.6 is 11.3 Å². The molecule has 0 saturated carbocycles. The summed E-state index contributed by atoms with van der Waals surface area (Å²) in [4.78, 5) is 29.4. The molecule has 0 spiro atoms. The van der Waals surface area contributed by atoms with Crippen LogP contribution in [-0.2, 0) is 11.3 Å². The molecular weight excluding hydrogens is 324 g/mol. The van der Waals surface area contributed by atoms with Crippen LogP contribution in [0.3, 0.4) is 0 Å². The van der Waals surface area contributed by atoms with Gasteiger partial charge in [0.15, 0.2) is 0 Å². The van der Waals surface area contributed by atoms with Gasteiger partial charge in [0.2, 0.25) is 5.91 Å². The zero-order valence-electron chi connectivity index (χ0n) is 14.3. The van der Waals surface area contributed by atoms with Crippen molar-refractivity contribution in [3.8, 4) is 0 Å². The highest BCUT2D eigenvalue weighted by Gasteiger charge is 2.13. The van der Waals surface area contributed by atoms with Crippen molar-refractivity contribution in [3.05, 3.63) is 45.9 Å². The van der Waals surface area contributed by atoms with E-state index in [0.717, 1.165) is 16.3 Å². The van der Waals surface area contributed by atoms with Crippen LogP contribution in [0.1, 0.15) is 36.2 Å². The van der Waals surface area contributed by atoms with Crippen LogP contribution in [-0.4, -0.2) is 28.9 Å². The topological polar surface area (TPSA) is 74.3 Å². The number of carbonyl (C=O) groups excluding carboxylic acids is 2. The number of aromatic nitrogens is 1. The summed E-state index contributed by atoms with van der Waals surface area (Å²) in [5.41, 5.74) is 2.59. The van der Waals surface area contributed by atoms with E-state index in [2.05, 4.69) is 15.6 Å². The Morgan fingerprint density at radius 2 is 2.12 bits per heavy atom. The molecular formula is C17H22N4O2S. The molecule has 0 aliphatic rings. The lowest BCUT2D eigenvalue weighted by molar-refractivity contribution is -0.128. The summed E-state index contributed by atoms with van der Waals surface area (Å²) in [7, 11) is 1.74. The van der Waals surface area contributed by atoms with Crippen molar-refractivity contribution < 1.29 is 9.59 Å². The number of hydrogen-bond acceptors (Lipinski definition) is 4. The van der Waals surface area contributed by atoms with Crippen LogP contribution in [0, 0.1) is 6.92 Å². The minimum Gasteiger partial charge on any atom is -0.342 e. The summed E-state index contributed by atoms with van der Waals surface area (Å²) in [6.45, 7) is 5.85. The smallest absolute Gasteiger partial charge is 0.319 e. The zero-order chi connectivity index (χ0) is 17.7. The van der Waals surface area contributed by atoms with Crippen molar-refractivity contribution in [3.63, 3.8) is 0 Å². The van der Waals surface area contributed by atoms with Crippen molar-refractivity contribution in [2.45, 2.75) is 33.4 Å². The van der Waals surface area contributed by atoms with Crippen LogP contribution in [0.15, 0.2) is 29.6 Å². The highest BCUT2D eigenvalue weighted by atomic mass is 32.1. The fourth-order valence-electron chi connectivity index (χ4n) is 2.13. The van der Waals surface area contributed by atoms with Crippen molar-refractivity contribution in [1.29, 1.82) is 0 Å². The average molecular weight is 346 g/mol. The van der Waals surface area contributed by atoms with Crippen molar-refractivity contribution in [2.75, 3.05) is 12.4 Å². The van der Waals surface area contributed by atoms with Gasteiger partial charge in [-0.25, -0.2) is 9.78 Å². The number of urea groups is 1. The van der Waals surface area contributed by atoms with E-state index < -0.39 is 0 Å². The largest absolute Gasteiger partial charge is 0.342 e. The third-order valence-corrected chi connectivity index (χ3v) is 4.64. The zero-order valence-corrected chi connectivity index (χ0v) is 15.1. The molecule has 7 heteroatoms. The molecule has 128 valence electrons. The molecule has 24 heavy (non-hydrogen) atoms. The maximum Gasteiger partial charge on any atom is 0.319 e. The van der Waals surface area contributed by atoms with Crippen LogP contribution in [0.2, 0.25) is 0 Å². The molecule has 0 saturated heterocycles. The quantitative estimate of drug-likeness (QED) is 0.872. The van der Waals surface area contributed by atoms with Gasteiger partial charge in [0, 0.05) is 37.3 Å². The maximum absolute atomic E-state index is 12.1. The van der Waals surface area contributed by atoms with Crippen molar-refractivity contribution >= 4 is 29.0 Å². The normalized spacial score (nSPS) is 11.7. The van der Waals surface area contributed by atoms with Gasteiger partial charge in [0.05, 0.1) is 6.04 Å². The van der Waals surface area contributed by atoms with Crippen LogP contribution in [0.5, 0.6) is 0 Å². The second-order valence-corrected chi connectivity index (χ2v) is 6.61. The Bertz CT molecular complexity index is 729. The van der Waals surface area contributed by atoms with E-state index in [9.17, 15) is 9.59 Å². The van der Waals surface area contributed by atoms with E-state index in [1.165, 1.54) is 18.3 Å². The van der Waals surface area contributed by atoms with Gasteiger partial charge in [0.1, 0.15) is 5.01 Å². The van der Waals surface area contributed by atoms with E-state index in [1.807, 2.05) is 43.5 Å². The predicted molar refractivity (Wildman–Crippen MR) is 96.0 cm³/mol. The van der Waals surface area contributed by atoms with Crippen LogP contribution in [0.25, 0.3) is 0 Å². The number of hydrogen-bond donors (Lipinski definition) is 2. The van der Waals surface area contributed by atoms with Gasteiger partial charge in [0.25, 0.3) is 0 Å². The van der Waals surface area contributed by atoms with Crippen LogP contribution < -0.4 is 10.6 Å². The summed E-state index contributed by atoms with van der Waals surface area (Å²) < 4.78 is 0. The number of carbonyl (C=O) groups is 2. The van der Waals surface area contributed by atoms with Crippen LogP contribution in [0.4, 0.5) is 10.5 Å². The summed E-state index contributed by atoms with van der Waals surface area (Å²) in [6, 6.07) is 7.01. The molecule has 2 rings (SSSR count). The van der Waals surface area contributed by atoms with Gasteiger partial charge in [-0.2, -0.15) is 0 Å². The summed E-state index contributed by atoms with van der Waals surface area (Å²) in [5, 5.41) is 8.52. The Kier molecular flexibility index (Phi) is 5.92. The lowest BCUT2D eigenvalue weighted by Gasteiger charge is -2.16. The standard InChI is InChI=1S/C17H22N4O2S/c1-11-10-24-16(18-11)12(2)19-17(23)20-15-7-5-6-14(8-15)9-21(4)13(3)22/h5-8,10,12H,9H2,1-4H3,(H2,19,20,23)/t12-/m1/s1. The highest BCUT2D eigenvalue weighted by molar-refractivity contribution is 7.09. The maximum atomic E-state index is 12.1. The molecule has 6 nitrogen and oxygen atoms in total. The van der Waals surface area contributed by atoms with Gasteiger partial charge in [-0.05, 0) is 31.5 Å². The molecule has 1 heterocycles. The molecule has 3 amide bonds. The van der Waals surface area contributed by atoms with E-state index in [1.54, 1.807) is 11.9 Å². The number of rotatable bonds is 5. The molecule has 2 aromatic rings. The molecule has 1 aromatic heterocycles. The monoisotopic (exact) mass is 346 g/mol. The minimum absolute atomic E-state index is 0.00123. The Morgan fingerprint density at radius 1 is 1.38 bits per heavy atom. The van der Waals surface area contributed by atoms with Gasteiger partial charge < -0.3 is 15.5 Å². The molecule has 0 unspecified atom stereocenters. The average Bonchev–Trinajstić information content (AvgIpc) is 2.94. The number of thiazole rings is 1. The summed E-state index contributed by atoms with van der Waals surface area (Å²) in [5.74, 6) is -0.00123. The fourth-order valence-corrected chi connectivity index (χ4v) is 2.93. The van der Waals surface area contributed by atoms with Gasteiger partial charge in [-0.1, -0.05) is 12.1 Å². The van der Waals surface area contributed by atoms with E-state index in [-0.39, 0.29) is 18.0 Å². The molecule has 0 aliphatic heterocycles. The molecule has 2 N–H and O–H groups in total. The van der Waals surface area contributed by atoms with Gasteiger partial charge in [-0.15, -0.1) is 11.3 Å². The first-order chi connectivity index (χ1) is 11.3. The minimum atomic E-state index is -0.285. The van der Waals surface area contributed by atoms with Crippen molar-refractivity contribution in [2.24, 2.45) is 0 Å². The first-order valence-electron chi connectivity index (χ1n) is 7.65. The van der Waals surface area contributed by atoms with Gasteiger partial charge in [-0.3, -0.25) is 4.79 Å². The first-order valence-corrected chi connectivity index (χ1v) is 8.53. The SMILES string of the molecule is CC(=O)N(C)Cc1cccc(NC(=O)N[C@H](C)c2nc(C)cs2)c1. The van der Waals surface area contributed by atoms with E-state index in [4.69, 9.17) is 0 Å². The highest BCUT2D eigenvalue weighted by Crippen LogP contribution is 2.18. The molecule has 1 aromatic carbocycles. The fraction of sp³-hybridized carbons (Fsp3) is 0.353. The molecule has 0 aliphatic carbocycles. The number of nitrogens with one attached hydrogen (secondary N) is 2. The van der Waals surface area contributed by atoms with Gasteiger partial charge >= 0.3 is 6.03 Å². The Morgan fingerprint density at radius 3 is 2.75 bits per heavy atom. The molecule has 0 fully saturated rings. The molecule has 0 bridgehead atoms. The second-order valence-electron chi connectivity index (χ2n) is 5.72. The third-order valence-electron chi connectivity index (χ3n) is 3.50. The third kappa shape index (κ3) is 5.06. The Hall–Kier alpha value is -2.41. The lowest BCUT2D eigenvalue weighted by atomic mass is 10.2. The Balaban J connectivity index is 1.95. The predicted octanol–water partition coefficient (Wildman–Crippen LogP) is 3.31. The van der Waals surface area contributed by atoms with E-state index >= 15 is 0 Å². The van der Waals surface area contributed by atoms with Crippen molar-refractivity contribution in [1.82, 2.24) is 15.2 Å². The second kappa shape index (κ2) is 7.92. The summed E-state index contributed by atoms with van der Waals surface area (Å²) >= 11 is 1.53. The number of amides is 3. The molecule has 1 atom stereocenters. The number of nitrogens with zero attached hydrogens (tertiary/aromatic N) is 2. The lowest BCUT2D eigenvalue weighted by Crippen LogP contribution is -2.31. The number of anilines is 1. The number of benzene rings is 1. The summed E-state index contributed by atoms with van der Waals surface area (Å²) in [6.07, 6.45) is 0.